The maximum atomic E-state index is 12.9. The van der Waals surface area contributed by atoms with Crippen molar-refractivity contribution in [1.29, 1.82) is 0 Å². The Morgan fingerprint density at radius 2 is 1.87 bits per heavy atom. The summed E-state index contributed by atoms with van der Waals surface area (Å²) in [4.78, 5) is 16.3. The molecule has 7 heteroatoms. The molecule has 4 nitrogen and oxygen atoms in total. The number of hydrogen-bond donors (Lipinski definition) is 1. The summed E-state index contributed by atoms with van der Waals surface area (Å²) in [6.07, 6.45) is -2.71. The lowest BCUT2D eigenvalue weighted by molar-refractivity contribution is -0.187. The third-order valence-corrected chi connectivity index (χ3v) is 5.11. The molecular weight excluding hydrogens is 309 g/mol. The Balaban J connectivity index is 1.82. The molecule has 1 aliphatic heterocycles. The molecule has 1 saturated heterocycles. The van der Waals surface area contributed by atoms with Crippen LogP contribution in [0.5, 0.6) is 0 Å². The van der Waals surface area contributed by atoms with E-state index in [1.165, 1.54) is 0 Å². The van der Waals surface area contributed by atoms with Crippen LogP contribution in [0.3, 0.4) is 0 Å². The number of aliphatic hydroxyl groups excluding tert-OH is 1. The zero-order chi connectivity index (χ0) is 17.0. The van der Waals surface area contributed by atoms with Crippen molar-refractivity contribution in [3.8, 4) is 0 Å². The van der Waals surface area contributed by atoms with Crippen LogP contribution in [0, 0.1) is 11.8 Å². The fraction of sp³-hybridized carbons (Fsp3) is 0.938. The first-order valence-corrected chi connectivity index (χ1v) is 8.57. The average Bonchev–Trinajstić information content (AvgIpc) is 2.54. The van der Waals surface area contributed by atoms with Crippen molar-refractivity contribution in [2.75, 3.05) is 32.7 Å². The monoisotopic (exact) mass is 336 g/mol. The predicted octanol–water partition coefficient (Wildman–Crippen LogP) is 2.27. The van der Waals surface area contributed by atoms with Crippen molar-refractivity contribution in [1.82, 2.24) is 9.80 Å². The van der Waals surface area contributed by atoms with Gasteiger partial charge in [0.2, 0.25) is 5.91 Å². The number of rotatable bonds is 4. The van der Waals surface area contributed by atoms with Gasteiger partial charge in [-0.05, 0) is 25.7 Å². The van der Waals surface area contributed by atoms with Crippen LogP contribution in [0.25, 0.3) is 0 Å². The number of hydrogen-bond acceptors (Lipinski definition) is 3. The normalized spacial score (nSPS) is 28.7. The number of carbonyl (C=O) groups excluding carboxylic acids is 1. The SMILES string of the molecule is CCC(O)CN1CCN(C(=O)C2CCCC(C(F)(F)F)C2)CC1. The Labute approximate surface area is 135 Å². The molecular formula is C16H27F3N2O2. The summed E-state index contributed by atoms with van der Waals surface area (Å²) in [6, 6.07) is 0. The van der Waals surface area contributed by atoms with Gasteiger partial charge in [0.1, 0.15) is 0 Å². The molecule has 0 aromatic heterocycles. The van der Waals surface area contributed by atoms with Gasteiger partial charge in [0.25, 0.3) is 0 Å². The van der Waals surface area contributed by atoms with E-state index in [0.29, 0.717) is 52.0 Å². The van der Waals surface area contributed by atoms with Crippen molar-refractivity contribution in [3.63, 3.8) is 0 Å². The minimum Gasteiger partial charge on any atom is -0.392 e. The maximum absolute atomic E-state index is 12.9. The van der Waals surface area contributed by atoms with E-state index in [0.717, 1.165) is 0 Å². The minimum absolute atomic E-state index is 0.0584. The molecule has 3 unspecified atom stereocenters. The first-order valence-electron chi connectivity index (χ1n) is 8.57. The van der Waals surface area contributed by atoms with E-state index in [-0.39, 0.29) is 24.9 Å². The van der Waals surface area contributed by atoms with Gasteiger partial charge in [-0.15, -0.1) is 0 Å². The summed E-state index contributed by atoms with van der Waals surface area (Å²) in [6.45, 7) is 4.96. The number of carbonyl (C=O) groups is 1. The summed E-state index contributed by atoms with van der Waals surface area (Å²) in [7, 11) is 0. The van der Waals surface area contributed by atoms with Gasteiger partial charge in [0, 0.05) is 38.6 Å². The molecule has 1 aliphatic carbocycles. The largest absolute Gasteiger partial charge is 0.392 e. The Bertz CT molecular complexity index is 395. The van der Waals surface area contributed by atoms with E-state index in [9.17, 15) is 23.1 Å². The number of halogens is 3. The van der Waals surface area contributed by atoms with Crippen LogP contribution in [-0.2, 0) is 4.79 Å². The van der Waals surface area contributed by atoms with Gasteiger partial charge < -0.3 is 10.0 Å². The smallest absolute Gasteiger partial charge is 0.391 e. The molecule has 0 bridgehead atoms. The summed E-state index contributed by atoms with van der Waals surface area (Å²) >= 11 is 0. The van der Waals surface area contributed by atoms with Gasteiger partial charge in [0.05, 0.1) is 12.0 Å². The molecule has 1 heterocycles. The molecule has 23 heavy (non-hydrogen) atoms. The molecule has 2 rings (SSSR count). The lowest BCUT2D eigenvalue weighted by Crippen LogP contribution is -2.52. The zero-order valence-electron chi connectivity index (χ0n) is 13.7. The highest BCUT2D eigenvalue weighted by atomic mass is 19.4. The number of aliphatic hydroxyl groups is 1. The van der Waals surface area contributed by atoms with Crippen LogP contribution in [0.1, 0.15) is 39.0 Å². The average molecular weight is 336 g/mol. The quantitative estimate of drug-likeness (QED) is 0.856. The number of piperazine rings is 1. The third kappa shape index (κ3) is 5.08. The number of amides is 1. The Hall–Kier alpha value is -0.820. The van der Waals surface area contributed by atoms with Crippen molar-refractivity contribution < 1.29 is 23.1 Å². The molecule has 134 valence electrons. The highest BCUT2D eigenvalue weighted by Crippen LogP contribution is 2.40. The highest BCUT2D eigenvalue weighted by molar-refractivity contribution is 5.79. The van der Waals surface area contributed by atoms with Crippen molar-refractivity contribution >= 4 is 5.91 Å². The van der Waals surface area contributed by atoms with E-state index in [1.54, 1.807) is 4.90 Å². The molecule has 1 amide bonds. The van der Waals surface area contributed by atoms with Gasteiger partial charge in [-0.3, -0.25) is 9.69 Å². The topological polar surface area (TPSA) is 43.8 Å². The molecule has 2 fully saturated rings. The van der Waals surface area contributed by atoms with Gasteiger partial charge in [-0.2, -0.15) is 13.2 Å². The van der Waals surface area contributed by atoms with Crippen LogP contribution in [0.4, 0.5) is 13.2 Å². The Morgan fingerprint density at radius 1 is 1.22 bits per heavy atom. The standard InChI is InChI=1S/C16H27F3N2O2/c1-2-14(22)11-20-6-8-21(9-7-20)15(23)12-4-3-5-13(10-12)16(17,18)19/h12-14,22H,2-11H2,1H3. The second kappa shape index (κ2) is 7.83. The number of β-amino-alcohol motifs (C(OH)–C–C–N with tert-alkyl or cyclic N) is 1. The van der Waals surface area contributed by atoms with Gasteiger partial charge >= 0.3 is 6.18 Å². The molecule has 1 N–H and O–H groups in total. The fourth-order valence-electron chi connectivity index (χ4n) is 3.55. The Kier molecular flexibility index (Phi) is 6.31. The van der Waals surface area contributed by atoms with Crippen LogP contribution < -0.4 is 0 Å². The van der Waals surface area contributed by atoms with Crippen molar-refractivity contribution in [3.05, 3.63) is 0 Å². The van der Waals surface area contributed by atoms with Gasteiger partial charge in [-0.25, -0.2) is 0 Å². The molecule has 2 aliphatic rings. The second-order valence-corrected chi connectivity index (χ2v) is 6.79. The van der Waals surface area contributed by atoms with E-state index < -0.39 is 18.0 Å². The molecule has 0 radical (unpaired) electrons. The molecule has 3 atom stereocenters. The predicted molar refractivity (Wildman–Crippen MR) is 80.8 cm³/mol. The summed E-state index contributed by atoms with van der Waals surface area (Å²) in [5, 5.41) is 9.67. The van der Waals surface area contributed by atoms with E-state index >= 15 is 0 Å². The Morgan fingerprint density at radius 3 is 2.43 bits per heavy atom. The van der Waals surface area contributed by atoms with E-state index in [4.69, 9.17) is 0 Å². The lowest BCUT2D eigenvalue weighted by atomic mass is 9.80. The van der Waals surface area contributed by atoms with Gasteiger partial charge in [0.15, 0.2) is 0 Å². The second-order valence-electron chi connectivity index (χ2n) is 6.79. The van der Waals surface area contributed by atoms with E-state index in [1.807, 2.05) is 6.92 Å². The first-order chi connectivity index (χ1) is 10.8. The highest BCUT2D eigenvalue weighted by Gasteiger charge is 2.44. The summed E-state index contributed by atoms with van der Waals surface area (Å²) in [5.74, 6) is -1.93. The third-order valence-electron chi connectivity index (χ3n) is 5.11. The summed E-state index contributed by atoms with van der Waals surface area (Å²) in [5.41, 5.74) is 0. The van der Waals surface area contributed by atoms with Crippen molar-refractivity contribution in [2.45, 2.75) is 51.3 Å². The van der Waals surface area contributed by atoms with Gasteiger partial charge in [-0.1, -0.05) is 13.3 Å². The molecule has 0 aromatic rings. The van der Waals surface area contributed by atoms with Crippen LogP contribution >= 0.6 is 0 Å². The first kappa shape index (κ1) is 18.5. The lowest BCUT2D eigenvalue weighted by Gasteiger charge is -2.38. The number of nitrogens with zero attached hydrogens (tertiary/aromatic N) is 2. The zero-order valence-corrected chi connectivity index (χ0v) is 13.7. The van der Waals surface area contributed by atoms with E-state index in [2.05, 4.69) is 4.90 Å². The maximum Gasteiger partial charge on any atom is 0.391 e. The van der Waals surface area contributed by atoms with Crippen LogP contribution in [0.2, 0.25) is 0 Å². The molecule has 0 spiro atoms. The molecule has 0 aromatic carbocycles. The molecule has 1 saturated carbocycles. The van der Waals surface area contributed by atoms with Crippen LogP contribution in [0.15, 0.2) is 0 Å². The number of alkyl halides is 3. The summed E-state index contributed by atoms with van der Waals surface area (Å²) < 4.78 is 38.6. The minimum atomic E-state index is -4.19. The van der Waals surface area contributed by atoms with Crippen molar-refractivity contribution in [2.24, 2.45) is 11.8 Å². The van der Waals surface area contributed by atoms with Crippen LogP contribution in [-0.4, -0.2) is 65.8 Å². The fourth-order valence-corrected chi connectivity index (χ4v) is 3.55.